The number of nitrogens with one attached hydrogen (secondary N) is 2. The maximum Gasteiger partial charge on any atom is 0.230 e. The Hall–Kier alpha value is -1.68. The standard InChI is InChI=1S/C18H21N3O4S2/c22-16-6-13(7-19-16)25-8-11-1-2-14-15(5-11)27-18(21-14)26-10-17(23)20-12-3-4-24-9-12/h1-2,5,12-13H,3-4,6-10H2,(H,19,22)(H,20,23). The van der Waals surface area contributed by atoms with E-state index in [-0.39, 0.29) is 24.0 Å². The minimum absolute atomic E-state index is 0.0172. The van der Waals surface area contributed by atoms with Crippen molar-refractivity contribution in [2.24, 2.45) is 0 Å². The van der Waals surface area contributed by atoms with Crippen LogP contribution in [0.2, 0.25) is 0 Å². The molecule has 2 unspecified atom stereocenters. The van der Waals surface area contributed by atoms with Gasteiger partial charge in [-0.25, -0.2) is 4.98 Å². The first kappa shape index (κ1) is 18.7. The third kappa shape index (κ3) is 4.98. The summed E-state index contributed by atoms with van der Waals surface area (Å²) in [6.07, 6.45) is 1.26. The topological polar surface area (TPSA) is 89.5 Å². The Balaban J connectivity index is 1.30. The Kier molecular flexibility index (Phi) is 5.92. The summed E-state index contributed by atoms with van der Waals surface area (Å²) in [7, 11) is 0. The molecule has 0 spiro atoms. The molecule has 2 amide bonds. The zero-order valence-corrected chi connectivity index (χ0v) is 16.4. The van der Waals surface area contributed by atoms with Crippen molar-refractivity contribution in [2.75, 3.05) is 25.5 Å². The van der Waals surface area contributed by atoms with E-state index in [1.54, 1.807) is 11.3 Å². The maximum absolute atomic E-state index is 12.0. The third-order valence-electron chi connectivity index (χ3n) is 4.48. The number of hydrogen-bond acceptors (Lipinski definition) is 7. The van der Waals surface area contributed by atoms with Gasteiger partial charge in [0.15, 0.2) is 4.34 Å². The van der Waals surface area contributed by atoms with Crippen LogP contribution in [-0.2, 0) is 25.7 Å². The monoisotopic (exact) mass is 407 g/mol. The second kappa shape index (κ2) is 8.55. The number of thioether (sulfide) groups is 1. The molecule has 3 heterocycles. The summed E-state index contributed by atoms with van der Waals surface area (Å²) < 4.78 is 13.0. The molecule has 2 saturated heterocycles. The van der Waals surface area contributed by atoms with Crippen molar-refractivity contribution in [2.45, 2.75) is 35.9 Å². The van der Waals surface area contributed by atoms with Crippen LogP contribution in [0.1, 0.15) is 18.4 Å². The van der Waals surface area contributed by atoms with Crippen LogP contribution in [0.25, 0.3) is 10.2 Å². The van der Waals surface area contributed by atoms with E-state index in [0.29, 0.717) is 31.9 Å². The summed E-state index contributed by atoms with van der Waals surface area (Å²) in [6, 6.07) is 6.18. The van der Waals surface area contributed by atoms with Gasteiger partial charge >= 0.3 is 0 Å². The lowest BCUT2D eigenvalue weighted by atomic mass is 10.2. The first-order chi connectivity index (χ1) is 13.2. The maximum atomic E-state index is 12.0. The normalized spacial score (nSPS) is 22.3. The summed E-state index contributed by atoms with van der Waals surface area (Å²) in [5.41, 5.74) is 1.98. The van der Waals surface area contributed by atoms with Crippen LogP contribution in [0.3, 0.4) is 0 Å². The number of fused-ring (bicyclic) bond motifs is 1. The average Bonchev–Trinajstić information content (AvgIpc) is 3.38. The summed E-state index contributed by atoms with van der Waals surface area (Å²) in [4.78, 5) is 27.8. The lowest BCUT2D eigenvalue weighted by molar-refractivity contribution is -0.120. The van der Waals surface area contributed by atoms with Crippen molar-refractivity contribution in [1.82, 2.24) is 15.6 Å². The van der Waals surface area contributed by atoms with Crippen LogP contribution < -0.4 is 10.6 Å². The summed E-state index contributed by atoms with van der Waals surface area (Å²) in [5, 5.41) is 5.76. The molecule has 2 aromatic rings. The Labute approximate surface area is 165 Å². The van der Waals surface area contributed by atoms with E-state index in [9.17, 15) is 9.59 Å². The molecule has 2 N–H and O–H groups in total. The Morgan fingerprint density at radius 2 is 2.41 bits per heavy atom. The van der Waals surface area contributed by atoms with Gasteiger partial charge < -0.3 is 20.1 Å². The van der Waals surface area contributed by atoms with Crippen molar-refractivity contribution in [3.63, 3.8) is 0 Å². The highest BCUT2D eigenvalue weighted by atomic mass is 32.2. The molecule has 4 rings (SSSR count). The number of ether oxygens (including phenoxy) is 2. The van der Waals surface area contributed by atoms with E-state index < -0.39 is 0 Å². The van der Waals surface area contributed by atoms with Crippen LogP contribution >= 0.6 is 23.1 Å². The third-order valence-corrected chi connectivity index (χ3v) is 6.64. The number of thiazole rings is 1. The van der Waals surface area contributed by atoms with Crippen LogP contribution in [0.4, 0.5) is 0 Å². The highest BCUT2D eigenvalue weighted by molar-refractivity contribution is 8.01. The minimum atomic E-state index is -0.0513. The van der Waals surface area contributed by atoms with E-state index in [1.165, 1.54) is 11.8 Å². The van der Waals surface area contributed by atoms with Crippen LogP contribution in [0.5, 0.6) is 0 Å². The minimum Gasteiger partial charge on any atom is -0.379 e. The number of benzene rings is 1. The lowest BCUT2D eigenvalue weighted by Crippen LogP contribution is -2.36. The van der Waals surface area contributed by atoms with Gasteiger partial charge in [0.05, 0.1) is 47.7 Å². The van der Waals surface area contributed by atoms with E-state index in [4.69, 9.17) is 9.47 Å². The number of aromatic nitrogens is 1. The van der Waals surface area contributed by atoms with Gasteiger partial charge in [-0.2, -0.15) is 0 Å². The van der Waals surface area contributed by atoms with E-state index in [1.807, 2.05) is 12.1 Å². The van der Waals surface area contributed by atoms with Crippen molar-refractivity contribution in [3.8, 4) is 0 Å². The molecular formula is C18H21N3O4S2. The van der Waals surface area contributed by atoms with E-state index in [0.717, 1.165) is 33.1 Å². The smallest absolute Gasteiger partial charge is 0.230 e. The average molecular weight is 408 g/mol. The summed E-state index contributed by atoms with van der Waals surface area (Å²) >= 11 is 3.03. The second-order valence-corrected chi connectivity index (χ2v) is 8.89. The van der Waals surface area contributed by atoms with Gasteiger partial charge in [0.25, 0.3) is 0 Å². The molecule has 2 atom stereocenters. The summed E-state index contributed by atoms with van der Waals surface area (Å²) in [6.45, 7) is 2.38. The first-order valence-electron chi connectivity index (χ1n) is 8.93. The van der Waals surface area contributed by atoms with Gasteiger partial charge in [-0.05, 0) is 24.1 Å². The number of rotatable bonds is 7. The molecule has 0 bridgehead atoms. The van der Waals surface area contributed by atoms with Gasteiger partial charge in [0.1, 0.15) is 0 Å². The largest absolute Gasteiger partial charge is 0.379 e. The fourth-order valence-corrected chi connectivity index (χ4v) is 5.00. The Morgan fingerprint density at radius 3 is 3.19 bits per heavy atom. The molecule has 2 fully saturated rings. The SMILES string of the molecule is O=C1CC(OCc2ccc3nc(SCC(=O)NC4CCOC4)sc3c2)CN1. The predicted octanol–water partition coefficient (Wildman–Crippen LogP) is 1.70. The molecular weight excluding hydrogens is 386 g/mol. The van der Waals surface area contributed by atoms with E-state index >= 15 is 0 Å². The van der Waals surface area contributed by atoms with Crippen molar-refractivity contribution in [3.05, 3.63) is 23.8 Å². The number of carbonyl (C=O) groups excluding carboxylic acids is 2. The van der Waals surface area contributed by atoms with Crippen molar-refractivity contribution >= 4 is 45.1 Å². The molecule has 144 valence electrons. The molecule has 0 radical (unpaired) electrons. The molecule has 1 aromatic heterocycles. The van der Waals surface area contributed by atoms with Crippen molar-refractivity contribution < 1.29 is 19.1 Å². The number of amides is 2. The number of nitrogens with zero attached hydrogens (tertiary/aromatic N) is 1. The van der Waals surface area contributed by atoms with Gasteiger partial charge in [0, 0.05) is 13.2 Å². The molecule has 1 aromatic carbocycles. The first-order valence-corrected chi connectivity index (χ1v) is 10.7. The molecule has 2 aliphatic rings. The van der Waals surface area contributed by atoms with Gasteiger partial charge in [-0.15, -0.1) is 11.3 Å². The number of hydrogen-bond donors (Lipinski definition) is 2. The zero-order valence-electron chi connectivity index (χ0n) is 14.7. The Bertz CT molecular complexity index is 835. The lowest BCUT2D eigenvalue weighted by Gasteiger charge is -2.09. The molecule has 0 aliphatic carbocycles. The van der Waals surface area contributed by atoms with Crippen LogP contribution in [-0.4, -0.2) is 54.5 Å². The Morgan fingerprint density at radius 1 is 1.48 bits per heavy atom. The second-order valence-electron chi connectivity index (χ2n) is 6.64. The fraction of sp³-hybridized carbons (Fsp3) is 0.500. The summed E-state index contributed by atoms with van der Waals surface area (Å²) in [5.74, 6) is 0.419. The van der Waals surface area contributed by atoms with Crippen LogP contribution in [0.15, 0.2) is 22.5 Å². The molecule has 27 heavy (non-hydrogen) atoms. The van der Waals surface area contributed by atoms with Gasteiger partial charge in [-0.1, -0.05) is 17.8 Å². The zero-order chi connectivity index (χ0) is 18.6. The molecule has 0 saturated carbocycles. The van der Waals surface area contributed by atoms with E-state index in [2.05, 4.69) is 21.7 Å². The molecule has 2 aliphatic heterocycles. The van der Waals surface area contributed by atoms with Gasteiger partial charge in [0.2, 0.25) is 11.8 Å². The fourth-order valence-electron chi connectivity index (χ4n) is 3.06. The predicted molar refractivity (Wildman–Crippen MR) is 104 cm³/mol. The van der Waals surface area contributed by atoms with Crippen LogP contribution in [0, 0.1) is 0 Å². The quantitative estimate of drug-likeness (QED) is 0.679. The van der Waals surface area contributed by atoms with Gasteiger partial charge in [-0.3, -0.25) is 9.59 Å². The number of carbonyl (C=O) groups is 2. The molecule has 9 heteroatoms. The molecule has 7 nitrogen and oxygen atoms in total. The highest BCUT2D eigenvalue weighted by Gasteiger charge is 2.22. The highest BCUT2D eigenvalue weighted by Crippen LogP contribution is 2.30. The van der Waals surface area contributed by atoms with Crippen molar-refractivity contribution in [1.29, 1.82) is 0 Å².